The fourth-order valence-corrected chi connectivity index (χ4v) is 2.72. The Morgan fingerprint density at radius 2 is 2.16 bits per heavy atom. The second-order valence-electron chi connectivity index (χ2n) is 5.16. The number of benzene rings is 1. The van der Waals surface area contributed by atoms with Crippen molar-refractivity contribution >= 4 is 11.6 Å². The summed E-state index contributed by atoms with van der Waals surface area (Å²) in [6, 6.07) is 5.91. The van der Waals surface area contributed by atoms with Crippen molar-refractivity contribution in [3.8, 4) is 5.75 Å². The van der Waals surface area contributed by atoms with Crippen LogP contribution in [0.15, 0.2) is 18.2 Å². The molecule has 0 spiro atoms. The number of likely N-dealkylation sites (N-methyl/N-ethyl adjacent to an activating group) is 1. The first-order valence-electron chi connectivity index (χ1n) is 6.74. The molecule has 0 saturated heterocycles. The van der Waals surface area contributed by atoms with Gasteiger partial charge in [0.25, 0.3) is 0 Å². The molecule has 104 valence electrons. The average Bonchev–Trinajstić information content (AvgIpc) is 2.60. The SMILES string of the molecule is CCOc1ccc2c(c1)C(C)(CCNC)C(=O)N2C. The van der Waals surface area contributed by atoms with E-state index in [4.69, 9.17) is 4.74 Å². The lowest BCUT2D eigenvalue weighted by molar-refractivity contribution is -0.122. The molecule has 19 heavy (non-hydrogen) atoms. The number of hydrogen-bond acceptors (Lipinski definition) is 3. The van der Waals surface area contributed by atoms with Gasteiger partial charge in [0.1, 0.15) is 5.75 Å². The van der Waals surface area contributed by atoms with Crippen LogP contribution in [0, 0.1) is 0 Å². The Morgan fingerprint density at radius 3 is 2.79 bits per heavy atom. The van der Waals surface area contributed by atoms with Crippen molar-refractivity contribution in [2.75, 3.05) is 32.1 Å². The summed E-state index contributed by atoms with van der Waals surface area (Å²) in [5, 5.41) is 3.12. The number of amides is 1. The van der Waals surface area contributed by atoms with Gasteiger partial charge in [-0.2, -0.15) is 0 Å². The molecule has 0 aromatic heterocycles. The zero-order valence-electron chi connectivity index (χ0n) is 12.1. The van der Waals surface area contributed by atoms with Crippen LogP contribution in [-0.4, -0.2) is 33.2 Å². The molecule has 4 heteroatoms. The van der Waals surface area contributed by atoms with Crippen molar-refractivity contribution in [2.45, 2.75) is 25.7 Å². The Kier molecular flexibility index (Phi) is 3.80. The molecule has 1 atom stereocenters. The summed E-state index contributed by atoms with van der Waals surface area (Å²) in [5.74, 6) is 0.992. The van der Waals surface area contributed by atoms with Crippen molar-refractivity contribution < 1.29 is 9.53 Å². The number of carbonyl (C=O) groups is 1. The van der Waals surface area contributed by atoms with Gasteiger partial charge in [0.05, 0.1) is 12.0 Å². The lowest BCUT2D eigenvalue weighted by atomic mass is 9.80. The Labute approximate surface area is 114 Å². The number of carbonyl (C=O) groups excluding carboxylic acids is 1. The topological polar surface area (TPSA) is 41.6 Å². The Bertz CT molecular complexity index is 487. The maximum absolute atomic E-state index is 12.5. The molecule has 2 rings (SSSR count). The fourth-order valence-electron chi connectivity index (χ4n) is 2.72. The lowest BCUT2D eigenvalue weighted by Gasteiger charge is -2.23. The molecule has 1 aromatic carbocycles. The lowest BCUT2D eigenvalue weighted by Crippen LogP contribution is -2.38. The number of ether oxygens (including phenoxy) is 1. The third-order valence-corrected chi connectivity index (χ3v) is 3.89. The van der Waals surface area contributed by atoms with Gasteiger partial charge in [0, 0.05) is 12.7 Å². The zero-order valence-corrected chi connectivity index (χ0v) is 12.1. The van der Waals surface area contributed by atoms with Crippen molar-refractivity contribution in [1.82, 2.24) is 5.32 Å². The summed E-state index contributed by atoms with van der Waals surface area (Å²) in [4.78, 5) is 14.3. The summed E-state index contributed by atoms with van der Waals surface area (Å²) in [6.07, 6.45) is 0.787. The summed E-state index contributed by atoms with van der Waals surface area (Å²) in [6.45, 7) is 5.43. The summed E-state index contributed by atoms with van der Waals surface area (Å²) >= 11 is 0. The van der Waals surface area contributed by atoms with Gasteiger partial charge < -0.3 is 15.0 Å². The molecule has 0 radical (unpaired) electrons. The molecule has 1 aliphatic rings. The first-order chi connectivity index (χ1) is 9.04. The molecule has 0 aliphatic carbocycles. The van der Waals surface area contributed by atoms with Crippen LogP contribution >= 0.6 is 0 Å². The number of fused-ring (bicyclic) bond motifs is 1. The highest BCUT2D eigenvalue weighted by molar-refractivity contribution is 6.07. The van der Waals surface area contributed by atoms with Gasteiger partial charge in [-0.3, -0.25) is 4.79 Å². The minimum absolute atomic E-state index is 0.159. The van der Waals surface area contributed by atoms with E-state index in [1.54, 1.807) is 4.90 Å². The molecule has 1 aromatic rings. The maximum atomic E-state index is 12.5. The Hall–Kier alpha value is -1.55. The highest BCUT2D eigenvalue weighted by Gasteiger charge is 2.45. The van der Waals surface area contributed by atoms with Gasteiger partial charge in [-0.05, 0) is 57.6 Å². The van der Waals surface area contributed by atoms with Crippen molar-refractivity contribution in [1.29, 1.82) is 0 Å². The minimum atomic E-state index is -0.458. The van der Waals surface area contributed by atoms with Gasteiger partial charge in [0.15, 0.2) is 0 Å². The van der Waals surface area contributed by atoms with Gasteiger partial charge in [-0.1, -0.05) is 0 Å². The van der Waals surface area contributed by atoms with Crippen LogP contribution in [-0.2, 0) is 10.2 Å². The van der Waals surface area contributed by atoms with Crippen LogP contribution in [0.1, 0.15) is 25.8 Å². The van der Waals surface area contributed by atoms with Gasteiger partial charge >= 0.3 is 0 Å². The molecular formula is C15H22N2O2. The van der Waals surface area contributed by atoms with Gasteiger partial charge in [-0.25, -0.2) is 0 Å². The fraction of sp³-hybridized carbons (Fsp3) is 0.533. The van der Waals surface area contributed by atoms with E-state index in [0.717, 1.165) is 30.0 Å². The van der Waals surface area contributed by atoms with E-state index in [-0.39, 0.29) is 5.91 Å². The third-order valence-electron chi connectivity index (χ3n) is 3.89. The Morgan fingerprint density at radius 1 is 1.42 bits per heavy atom. The van der Waals surface area contributed by atoms with E-state index in [0.29, 0.717) is 6.61 Å². The minimum Gasteiger partial charge on any atom is -0.494 e. The summed E-state index contributed by atoms with van der Waals surface area (Å²) in [5.41, 5.74) is 1.61. The van der Waals surface area contributed by atoms with Crippen LogP contribution in [0.3, 0.4) is 0 Å². The zero-order chi connectivity index (χ0) is 14.0. The molecule has 0 bridgehead atoms. The van der Waals surface area contributed by atoms with Gasteiger partial charge in [-0.15, -0.1) is 0 Å². The second kappa shape index (κ2) is 5.21. The molecule has 4 nitrogen and oxygen atoms in total. The van der Waals surface area contributed by atoms with E-state index in [1.165, 1.54) is 0 Å². The molecule has 0 fully saturated rings. The molecule has 1 amide bonds. The number of rotatable bonds is 5. The largest absolute Gasteiger partial charge is 0.494 e. The van der Waals surface area contributed by atoms with E-state index in [9.17, 15) is 4.79 Å². The molecule has 1 aliphatic heterocycles. The molecule has 1 heterocycles. The van der Waals surface area contributed by atoms with Crippen LogP contribution in [0.25, 0.3) is 0 Å². The number of nitrogens with zero attached hydrogens (tertiary/aromatic N) is 1. The molecular weight excluding hydrogens is 240 g/mol. The molecule has 1 unspecified atom stereocenters. The standard InChI is InChI=1S/C15H22N2O2/c1-5-19-11-6-7-13-12(10-11)15(2,8-9-16-3)14(18)17(13)4/h6-7,10,16H,5,8-9H2,1-4H3. The van der Waals surface area contributed by atoms with Crippen molar-refractivity contribution in [2.24, 2.45) is 0 Å². The Balaban J connectivity index is 2.43. The van der Waals surface area contributed by atoms with Crippen molar-refractivity contribution in [3.63, 3.8) is 0 Å². The normalized spacial score (nSPS) is 21.7. The second-order valence-corrected chi connectivity index (χ2v) is 5.16. The smallest absolute Gasteiger partial charge is 0.237 e. The van der Waals surface area contributed by atoms with Crippen LogP contribution in [0.4, 0.5) is 5.69 Å². The predicted octanol–water partition coefficient (Wildman–Crippen LogP) is 1.93. The molecule has 0 saturated carbocycles. The van der Waals surface area contributed by atoms with Crippen molar-refractivity contribution in [3.05, 3.63) is 23.8 Å². The number of hydrogen-bond donors (Lipinski definition) is 1. The van der Waals surface area contributed by atoms with E-state index >= 15 is 0 Å². The highest BCUT2D eigenvalue weighted by atomic mass is 16.5. The highest BCUT2D eigenvalue weighted by Crippen LogP contribution is 2.44. The predicted molar refractivity (Wildman–Crippen MR) is 76.9 cm³/mol. The molecule has 1 N–H and O–H groups in total. The first kappa shape index (κ1) is 13.9. The first-order valence-corrected chi connectivity index (χ1v) is 6.74. The number of anilines is 1. The summed E-state index contributed by atoms with van der Waals surface area (Å²) < 4.78 is 5.55. The van der Waals surface area contributed by atoms with Crippen LogP contribution in [0.2, 0.25) is 0 Å². The van der Waals surface area contributed by atoms with Crippen LogP contribution in [0.5, 0.6) is 5.75 Å². The monoisotopic (exact) mass is 262 g/mol. The van der Waals surface area contributed by atoms with E-state index in [1.807, 2.05) is 46.1 Å². The van der Waals surface area contributed by atoms with E-state index in [2.05, 4.69) is 5.32 Å². The third kappa shape index (κ3) is 2.21. The number of nitrogens with one attached hydrogen (secondary N) is 1. The quantitative estimate of drug-likeness (QED) is 0.881. The van der Waals surface area contributed by atoms with Crippen LogP contribution < -0.4 is 15.0 Å². The summed E-state index contributed by atoms with van der Waals surface area (Å²) in [7, 11) is 3.75. The van der Waals surface area contributed by atoms with Gasteiger partial charge in [0.2, 0.25) is 5.91 Å². The van der Waals surface area contributed by atoms with E-state index < -0.39 is 5.41 Å². The maximum Gasteiger partial charge on any atom is 0.237 e. The average molecular weight is 262 g/mol.